The largest absolute Gasteiger partial charge is 0.344 e. The first-order chi connectivity index (χ1) is 12.6. The third-order valence-corrected chi connectivity index (χ3v) is 5.09. The standard InChI is InChI=1S/C19H20N4O2S/c1-14(17(24)22(2)16-11-7-4-8-12-16)26-19-21-20-18(25)23(19)13-15-9-5-3-6-10-15/h3-12,14H,13H2,1-2H3,(H,20,25)/t14-/m0/s1. The molecule has 0 aliphatic rings. The van der Waals surface area contributed by atoms with Gasteiger partial charge in [0.25, 0.3) is 0 Å². The van der Waals surface area contributed by atoms with Gasteiger partial charge in [0.15, 0.2) is 5.16 Å². The molecule has 26 heavy (non-hydrogen) atoms. The van der Waals surface area contributed by atoms with Crippen molar-refractivity contribution in [1.29, 1.82) is 0 Å². The van der Waals surface area contributed by atoms with E-state index in [-0.39, 0.29) is 16.8 Å². The van der Waals surface area contributed by atoms with Gasteiger partial charge in [0.2, 0.25) is 5.91 Å². The molecular formula is C19H20N4O2S. The SMILES string of the molecule is C[C@H](Sc1n[nH]c(=O)n1Cc1ccccc1)C(=O)N(C)c1ccccc1. The van der Waals surface area contributed by atoms with Crippen LogP contribution in [0.15, 0.2) is 70.6 Å². The Morgan fingerprint density at radius 1 is 1.15 bits per heavy atom. The Morgan fingerprint density at radius 2 is 1.77 bits per heavy atom. The average Bonchev–Trinajstić information content (AvgIpc) is 3.01. The number of carbonyl (C=O) groups is 1. The Morgan fingerprint density at radius 3 is 2.42 bits per heavy atom. The fraction of sp³-hybridized carbons (Fsp3) is 0.211. The third-order valence-electron chi connectivity index (χ3n) is 4.01. The maximum atomic E-state index is 12.7. The number of H-pyrrole nitrogens is 1. The van der Waals surface area contributed by atoms with Crippen LogP contribution in [0.3, 0.4) is 0 Å². The van der Waals surface area contributed by atoms with Crippen LogP contribution in [-0.2, 0) is 11.3 Å². The van der Waals surface area contributed by atoms with Crippen LogP contribution in [0, 0.1) is 0 Å². The van der Waals surface area contributed by atoms with E-state index in [1.807, 2.05) is 67.6 Å². The summed E-state index contributed by atoms with van der Waals surface area (Å²) >= 11 is 1.27. The molecule has 1 aromatic heterocycles. The van der Waals surface area contributed by atoms with Gasteiger partial charge in [-0.15, -0.1) is 5.10 Å². The molecule has 0 bridgehead atoms. The summed E-state index contributed by atoms with van der Waals surface area (Å²) in [7, 11) is 1.75. The van der Waals surface area contributed by atoms with E-state index in [1.165, 1.54) is 11.8 Å². The quantitative estimate of drug-likeness (QED) is 0.679. The number of carbonyl (C=O) groups excluding carboxylic acids is 1. The van der Waals surface area contributed by atoms with Gasteiger partial charge in [-0.3, -0.25) is 9.36 Å². The maximum Gasteiger partial charge on any atom is 0.344 e. The number of aromatic nitrogens is 3. The summed E-state index contributed by atoms with van der Waals surface area (Å²) in [6, 6.07) is 19.1. The molecule has 1 atom stereocenters. The van der Waals surface area contributed by atoms with Crippen LogP contribution in [0.1, 0.15) is 12.5 Å². The molecule has 1 amide bonds. The Bertz CT molecular complexity index is 921. The topological polar surface area (TPSA) is 71.0 Å². The predicted octanol–water partition coefficient (Wildman–Crippen LogP) is 2.76. The number of aromatic amines is 1. The van der Waals surface area contributed by atoms with Crippen molar-refractivity contribution < 1.29 is 4.79 Å². The fourth-order valence-corrected chi connectivity index (χ4v) is 3.51. The minimum atomic E-state index is -0.384. The van der Waals surface area contributed by atoms with Crippen molar-refractivity contribution >= 4 is 23.4 Å². The van der Waals surface area contributed by atoms with E-state index in [9.17, 15) is 9.59 Å². The molecule has 0 saturated heterocycles. The number of rotatable bonds is 6. The van der Waals surface area contributed by atoms with Crippen LogP contribution >= 0.6 is 11.8 Å². The van der Waals surface area contributed by atoms with Crippen LogP contribution in [0.25, 0.3) is 0 Å². The zero-order valence-electron chi connectivity index (χ0n) is 14.6. The van der Waals surface area contributed by atoms with Gasteiger partial charge in [-0.1, -0.05) is 60.3 Å². The second-order valence-electron chi connectivity index (χ2n) is 5.88. The molecule has 0 spiro atoms. The lowest BCUT2D eigenvalue weighted by Crippen LogP contribution is -2.33. The van der Waals surface area contributed by atoms with E-state index < -0.39 is 0 Å². The van der Waals surface area contributed by atoms with E-state index in [2.05, 4.69) is 10.2 Å². The number of thioether (sulfide) groups is 1. The summed E-state index contributed by atoms with van der Waals surface area (Å²) in [5, 5.41) is 6.68. The molecule has 0 aliphatic heterocycles. The first-order valence-electron chi connectivity index (χ1n) is 8.24. The highest BCUT2D eigenvalue weighted by Crippen LogP contribution is 2.24. The number of nitrogens with zero attached hydrogens (tertiary/aromatic N) is 3. The van der Waals surface area contributed by atoms with Crippen LogP contribution in [0.5, 0.6) is 0 Å². The Balaban J connectivity index is 1.74. The summed E-state index contributed by atoms with van der Waals surface area (Å²) in [4.78, 5) is 26.4. The Kier molecular flexibility index (Phi) is 5.58. The molecule has 3 rings (SSSR count). The van der Waals surface area contributed by atoms with Crippen molar-refractivity contribution in [3.63, 3.8) is 0 Å². The highest BCUT2D eigenvalue weighted by atomic mass is 32.2. The minimum Gasteiger partial charge on any atom is -0.315 e. The summed E-state index contributed by atoms with van der Waals surface area (Å²) in [5.74, 6) is -0.0529. The molecule has 0 fully saturated rings. The smallest absolute Gasteiger partial charge is 0.315 e. The monoisotopic (exact) mass is 368 g/mol. The van der Waals surface area contributed by atoms with Crippen molar-refractivity contribution in [2.24, 2.45) is 0 Å². The second kappa shape index (κ2) is 8.05. The lowest BCUT2D eigenvalue weighted by molar-refractivity contribution is -0.117. The van der Waals surface area contributed by atoms with E-state index in [1.54, 1.807) is 16.5 Å². The van der Waals surface area contributed by atoms with Gasteiger partial charge in [0.05, 0.1) is 11.8 Å². The van der Waals surface area contributed by atoms with Crippen molar-refractivity contribution in [1.82, 2.24) is 14.8 Å². The molecule has 0 saturated carbocycles. The Hall–Kier alpha value is -2.80. The number of amides is 1. The highest BCUT2D eigenvalue weighted by Gasteiger charge is 2.22. The molecule has 7 heteroatoms. The van der Waals surface area contributed by atoms with Crippen molar-refractivity contribution in [2.45, 2.75) is 23.9 Å². The highest BCUT2D eigenvalue weighted by molar-refractivity contribution is 8.00. The summed E-state index contributed by atoms with van der Waals surface area (Å²) in [6.07, 6.45) is 0. The van der Waals surface area contributed by atoms with Crippen molar-refractivity contribution in [3.05, 3.63) is 76.7 Å². The number of hydrogen-bond donors (Lipinski definition) is 1. The lowest BCUT2D eigenvalue weighted by Gasteiger charge is -2.21. The number of anilines is 1. The molecule has 2 aromatic carbocycles. The number of hydrogen-bond acceptors (Lipinski definition) is 4. The zero-order valence-corrected chi connectivity index (χ0v) is 15.4. The molecule has 0 aliphatic carbocycles. The number of benzene rings is 2. The van der Waals surface area contributed by atoms with E-state index >= 15 is 0 Å². The van der Waals surface area contributed by atoms with Crippen molar-refractivity contribution in [3.8, 4) is 0 Å². The summed E-state index contributed by atoms with van der Waals surface area (Å²) in [5.41, 5.74) is 1.54. The van der Waals surface area contributed by atoms with Crippen molar-refractivity contribution in [2.75, 3.05) is 11.9 Å². The number of para-hydroxylation sites is 1. The predicted molar refractivity (Wildman–Crippen MR) is 104 cm³/mol. The minimum absolute atomic E-state index is 0.0529. The van der Waals surface area contributed by atoms with Gasteiger partial charge in [0.1, 0.15) is 0 Å². The van der Waals surface area contributed by atoms with Gasteiger partial charge in [-0.05, 0) is 24.6 Å². The average molecular weight is 368 g/mol. The second-order valence-corrected chi connectivity index (χ2v) is 7.18. The first kappa shape index (κ1) is 18.0. The van der Waals surface area contributed by atoms with Crippen LogP contribution in [0.2, 0.25) is 0 Å². The molecule has 3 aromatic rings. The first-order valence-corrected chi connectivity index (χ1v) is 9.12. The molecule has 0 radical (unpaired) electrons. The van der Waals surface area contributed by atoms with Crippen LogP contribution in [0.4, 0.5) is 5.69 Å². The van der Waals surface area contributed by atoms with E-state index in [0.717, 1.165) is 11.3 Å². The number of nitrogens with one attached hydrogen (secondary N) is 1. The van der Waals surface area contributed by atoms with Gasteiger partial charge < -0.3 is 4.90 Å². The molecule has 6 nitrogen and oxygen atoms in total. The Labute approximate surface area is 155 Å². The molecule has 134 valence electrons. The molecule has 1 heterocycles. The molecule has 0 unspecified atom stereocenters. The summed E-state index contributed by atoms with van der Waals surface area (Å²) in [6.45, 7) is 2.23. The van der Waals surface area contributed by atoms with Crippen LogP contribution < -0.4 is 10.6 Å². The van der Waals surface area contributed by atoms with Crippen LogP contribution in [-0.4, -0.2) is 33.0 Å². The fourth-order valence-electron chi connectivity index (χ4n) is 2.56. The van der Waals surface area contributed by atoms with Gasteiger partial charge in [-0.25, -0.2) is 9.89 Å². The molecular weight excluding hydrogens is 348 g/mol. The third kappa shape index (κ3) is 4.05. The van der Waals surface area contributed by atoms with Gasteiger partial charge >= 0.3 is 5.69 Å². The molecule has 1 N–H and O–H groups in total. The lowest BCUT2D eigenvalue weighted by atomic mass is 10.2. The zero-order chi connectivity index (χ0) is 18.5. The van der Waals surface area contributed by atoms with E-state index in [4.69, 9.17) is 0 Å². The van der Waals surface area contributed by atoms with Gasteiger partial charge in [0, 0.05) is 12.7 Å². The maximum absolute atomic E-state index is 12.7. The summed E-state index contributed by atoms with van der Waals surface area (Å²) < 4.78 is 1.55. The normalized spacial score (nSPS) is 11.9. The van der Waals surface area contributed by atoms with E-state index in [0.29, 0.717) is 11.7 Å². The van der Waals surface area contributed by atoms with Gasteiger partial charge in [-0.2, -0.15) is 0 Å².